The van der Waals surface area contributed by atoms with Gasteiger partial charge >= 0.3 is 0 Å². The lowest BCUT2D eigenvalue weighted by atomic mass is 10.2. The molecule has 2 atom stereocenters. The summed E-state index contributed by atoms with van der Waals surface area (Å²) in [5.41, 5.74) is 6.70. The van der Waals surface area contributed by atoms with Crippen LogP contribution < -0.4 is 11.1 Å². The number of anilines is 1. The lowest BCUT2D eigenvalue weighted by Gasteiger charge is -2.21. The molecule has 0 bridgehead atoms. The SMILES string of the molecule is CSC(CO)C(C)NC(=O)c1cc(N)cn1C. The molecular weight excluding hydrogens is 238 g/mol. The smallest absolute Gasteiger partial charge is 0.268 e. The van der Waals surface area contributed by atoms with Gasteiger partial charge in [0.25, 0.3) is 5.91 Å². The van der Waals surface area contributed by atoms with Crippen molar-refractivity contribution in [2.75, 3.05) is 18.6 Å². The number of nitrogen functional groups attached to an aromatic ring is 1. The van der Waals surface area contributed by atoms with Crippen LogP contribution in [0.25, 0.3) is 0 Å². The van der Waals surface area contributed by atoms with Crippen LogP contribution in [0.2, 0.25) is 0 Å². The molecule has 1 heterocycles. The molecule has 4 N–H and O–H groups in total. The quantitative estimate of drug-likeness (QED) is 0.715. The van der Waals surface area contributed by atoms with E-state index in [0.29, 0.717) is 11.4 Å². The van der Waals surface area contributed by atoms with E-state index in [0.717, 1.165) is 0 Å². The molecule has 1 rings (SSSR count). The maximum Gasteiger partial charge on any atom is 0.268 e. The van der Waals surface area contributed by atoms with E-state index in [-0.39, 0.29) is 23.8 Å². The summed E-state index contributed by atoms with van der Waals surface area (Å²) >= 11 is 1.53. The Hall–Kier alpha value is -1.14. The summed E-state index contributed by atoms with van der Waals surface area (Å²) in [6, 6.07) is 1.54. The average molecular weight is 257 g/mol. The Morgan fingerprint density at radius 1 is 1.71 bits per heavy atom. The molecule has 0 saturated carbocycles. The Kier molecular flexibility index (Phi) is 4.89. The fourth-order valence-electron chi connectivity index (χ4n) is 1.63. The molecule has 1 aromatic heterocycles. The molecule has 0 aromatic carbocycles. The van der Waals surface area contributed by atoms with Crippen LogP contribution in [-0.2, 0) is 7.05 Å². The monoisotopic (exact) mass is 257 g/mol. The predicted molar refractivity (Wildman–Crippen MR) is 71.1 cm³/mol. The first kappa shape index (κ1) is 13.9. The van der Waals surface area contributed by atoms with Gasteiger partial charge in [-0.05, 0) is 19.2 Å². The second kappa shape index (κ2) is 5.97. The van der Waals surface area contributed by atoms with E-state index in [1.807, 2.05) is 13.2 Å². The Morgan fingerprint density at radius 2 is 2.35 bits per heavy atom. The van der Waals surface area contributed by atoms with Gasteiger partial charge in [0, 0.05) is 24.5 Å². The van der Waals surface area contributed by atoms with Crippen LogP contribution in [-0.4, -0.2) is 39.7 Å². The third-order valence-electron chi connectivity index (χ3n) is 2.66. The summed E-state index contributed by atoms with van der Waals surface area (Å²) in [7, 11) is 1.77. The van der Waals surface area contributed by atoms with E-state index < -0.39 is 0 Å². The molecule has 0 aliphatic heterocycles. The molecule has 96 valence electrons. The van der Waals surface area contributed by atoms with Gasteiger partial charge in [-0.3, -0.25) is 4.79 Å². The van der Waals surface area contributed by atoms with E-state index in [2.05, 4.69) is 5.32 Å². The van der Waals surface area contributed by atoms with Crippen LogP contribution in [0.4, 0.5) is 5.69 Å². The van der Waals surface area contributed by atoms with Crippen molar-refractivity contribution < 1.29 is 9.90 Å². The molecule has 0 aliphatic carbocycles. The first-order valence-electron chi connectivity index (χ1n) is 5.36. The number of aromatic nitrogens is 1. The van der Waals surface area contributed by atoms with Gasteiger partial charge in [-0.2, -0.15) is 11.8 Å². The highest BCUT2D eigenvalue weighted by molar-refractivity contribution is 7.99. The van der Waals surface area contributed by atoms with Crippen molar-refractivity contribution in [1.82, 2.24) is 9.88 Å². The van der Waals surface area contributed by atoms with Crippen molar-refractivity contribution in [2.45, 2.75) is 18.2 Å². The number of carbonyl (C=O) groups excluding carboxylic acids is 1. The fourth-order valence-corrected chi connectivity index (χ4v) is 2.25. The average Bonchev–Trinajstić information content (AvgIpc) is 2.59. The van der Waals surface area contributed by atoms with Crippen molar-refractivity contribution in [2.24, 2.45) is 7.05 Å². The van der Waals surface area contributed by atoms with E-state index in [4.69, 9.17) is 10.8 Å². The highest BCUT2D eigenvalue weighted by Crippen LogP contribution is 2.12. The van der Waals surface area contributed by atoms with Crippen LogP contribution in [0.5, 0.6) is 0 Å². The van der Waals surface area contributed by atoms with Gasteiger partial charge in [0.15, 0.2) is 0 Å². The molecule has 0 radical (unpaired) electrons. The Morgan fingerprint density at radius 3 is 2.76 bits per heavy atom. The molecule has 6 heteroatoms. The van der Waals surface area contributed by atoms with Crippen molar-refractivity contribution in [1.29, 1.82) is 0 Å². The molecule has 0 saturated heterocycles. The van der Waals surface area contributed by atoms with E-state index in [9.17, 15) is 4.79 Å². The molecule has 0 fully saturated rings. The highest BCUT2D eigenvalue weighted by Gasteiger charge is 2.19. The number of aliphatic hydroxyl groups is 1. The van der Waals surface area contributed by atoms with Crippen molar-refractivity contribution in [3.8, 4) is 0 Å². The second-order valence-corrected chi connectivity index (χ2v) is 5.07. The summed E-state index contributed by atoms with van der Waals surface area (Å²) in [4.78, 5) is 11.9. The fraction of sp³-hybridized carbons (Fsp3) is 0.545. The molecular formula is C11H19N3O2S. The van der Waals surface area contributed by atoms with Crippen LogP contribution in [0.1, 0.15) is 17.4 Å². The number of nitrogens with one attached hydrogen (secondary N) is 1. The third kappa shape index (κ3) is 3.41. The number of amides is 1. The van der Waals surface area contributed by atoms with E-state index in [1.165, 1.54) is 11.8 Å². The number of aryl methyl sites for hydroxylation is 1. The summed E-state index contributed by atoms with van der Waals surface area (Å²) < 4.78 is 1.68. The molecule has 1 amide bonds. The number of nitrogens with two attached hydrogens (primary N) is 1. The normalized spacial score (nSPS) is 14.4. The van der Waals surface area contributed by atoms with Gasteiger partial charge < -0.3 is 20.7 Å². The predicted octanol–water partition coefficient (Wildman–Crippen LogP) is 0.449. The Bertz CT molecular complexity index is 388. The molecule has 0 spiro atoms. The Balaban J connectivity index is 2.69. The molecule has 0 aliphatic rings. The number of hydrogen-bond donors (Lipinski definition) is 3. The lowest BCUT2D eigenvalue weighted by molar-refractivity contribution is 0.0928. The van der Waals surface area contributed by atoms with E-state index in [1.54, 1.807) is 23.9 Å². The van der Waals surface area contributed by atoms with Gasteiger partial charge in [-0.25, -0.2) is 0 Å². The molecule has 5 nitrogen and oxygen atoms in total. The van der Waals surface area contributed by atoms with Crippen LogP contribution in [0.15, 0.2) is 12.3 Å². The van der Waals surface area contributed by atoms with Gasteiger partial charge in [0.05, 0.1) is 12.3 Å². The van der Waals surface area contributed by atoms with Gasteiger partial charge in [-0.15, -0.1) is 0 Å². The summed E-state index contributed by atoms with van der Waals surface area (Å²) in [5, 5.41) is 12.0. The molecule has 2 unspecified atom stereocenters. The number of carbonyl (C=O) groups is 1. The van der Waals surface area contributed by atoms with Gasteiger partial charge in [0.1, 0.15) is 5.69 Å². The van der Waals surface area contributed by atoms with Crippen molar-refractivity contribution in [3.63, 3.8) is 0 Å². The van der Waals surface area contributed by atoms with Crippen LogP contribution >= 0.6 is 11.8 Å². The Labute approximate surface area is 105 Å². The number of rotatable bonds is 5. The zero-order valence-electron chi connectivity index (χ0n) is 10.3. The lowest BCUT2D eigenvalue weighted by Crippen LogP contribution is -2.41. The minimum atomic E-state index is -0.177. The van der Waals surface area contributed by atoms with Gasteiger partial charge in [0.2, 0.25) is 0 Å². The molecule has 17 heavy (non-hydrogen) atoms. The minimum Gasteiger partial charge on any atom is -0.397 e. The number of thioether (sulfide) groups is 1. The zero-order valence-corrected chi connectivity index (χ0v) is 11.1. The second-order valence-electron chi connectivity index (χ2n) is 3.99. The third-order valence-corrected chi connectivity index (χ3v) is 3.82. The maximum absolute atomic E-state index is 11.9. The first-order chi connectivity index (χ1) is 7.99. The van der Waals surface area contributed by atoms with E-state index >= 15 is 0 Å². The summed E-state index contributed by atoms with van der Waals surface area (Å²) in [5.74, 6) is -0.177. The van der Waals surface area contributed by atoms with Crippen molar-refractivity contribution >= 4 is 23.4 Å². The van der Waals surface area contributed by atoms with Crippen molar-refractivity contribution in [3.05, 3.63) is 18.0 Å². The summed E-state index contributed by atoms with van der Waals surface area (Å²) in [6.45, 7) is 1.92. The maximum atomic E-state index is 11.9. The van der Waals surface area contributed by atoms with Crippen LogP contribution in [0, 0.1) is 0 Å². The zero-order chi connectivity index (χ0) is 13.0. The summed E-state index contributed by atoms with van der Waals surface area (Å²) in [6.07, 6.45) is 3.60. The van der Waals surface area contributed by atoms with Crippen LogP contribution in [0.3, 0.4) is 0 Å². The minimum absolute atomic E-state index is 0.00318. The van der Waals surface area contributed by atoms with Gasteiger partial charge in [-0.1, -0.05) is 0 Å². The number of aliphatic hydroxyl groups excluding tert-OH is 1. The first-order valence-corrected chi connectivity index (χ1v) is 6.64. The largest absolute Gasteiger partial charge is 0.397 e. The standard InChI is InChI=1S/C11H19N3O2S/c1-7(10(6-15)17-3)13-11(16)9-4-8(12)5-14(9)2/h4-5,7,10,15H,6,12H2,1-3H3,(H,13,16). The molecule has 1 aromatic rings. The number of hydrogen-bond acceptors (Lipinski definition) is 4. The number of nitrogens with zero attached hydrogens (tertiary/aromatic N) is 1. The highest BCUT2D eigenvalue weighted by atomic mass is 32.2. The topological polar surface area (TPSA) is 80.3 Å².